The molecule has 0 radical (unpaired) electrons. The van der Waals surface area contributed by atoms with Crippen molar-refractivity contribution in [2.24, 2.45) is 5.92 Å². The van der Waals surface area contributed by atoms with Gasteiger partial charge in [-0.05, 0) is 85.9 Å². The second-order valence-corrected chi connectivity index (χ2v) is 24.5. The quantitative estimate of drug-likeness (QED) is 0.0517. The zero-order valence-corrected chi connectivity index (χ0v) is 49.1. The van der Waals surface area contributed by atoms with Gasteiger partial charge < -0.3 is 54.3 Å². The number of H-pyrrole nitrogens is 2. The van der Waals surface area contributed by atoms with Crippen LogP contribution in [-0.4, -0.2) is 146 Å². The molecule has 4 aliphatic heterocycles. The summed E-state index contributed by atoms with van der Waals surface area (Å²) < 4.78 is 45.0. The van der Waals surface area contributed by atoms with Crippen molar-refractivity contribution in [1.82, 2.24) is 65.2 Å². The standard InChI is InChI=1S/C64H67FN14O9/c1-5-78-50(12-15-69-78)41-11-10-40(58-54(41)67-30-87-58)49(28-80)71-61(82)51-20-37(81)26-77(51)63(84)57(31(2)3)79-27-45-39-9-6-33(18-47(39)70-62(83)56(45)75-79)29-86-59-53(52-32(4)46(65)22-48-44(52)24-68-74-48)42(34-7-8-34)21-43-55(59)72-64(88-38-13-16-85-17-14-38)73-60(43)76-25-35-19-36(76)23-66-35/h6,9-12,15,18,21-22,24,27,30-31,34-38,49,51,57,66,80-81H,5,7-8,13-14,16-17,19-20,23,25-26,28-29H2,1-4H3,(H,68,74)(H,70,83)(H,71,82)/t35-,36-,37+,49-,51-,57-/m0/s1. The van der Waals surface area contributed by atoms with E-state index in [4.69, 9.17) is 33.7 Å². The molecular weight excluding hydrogens is 1130 g/mol. The highest BCUT2D eigenvalue weighted by Gasteiger charge is 2.45. The summed E-state index contributed by atoms with van der Waals surface area (Å²) in [5.74, 6) is -0.415. The molecule has 2 bridgehead atoms. The fourth-order valence-electron chi connectivity index (χ4n) is 14.0. The Hall–Kier alpha value is -8.84. The number of piperazine rings is 1. The van der Waals surface area contributed by atoms with E-state index >= 15 is 4.39 Å². The van der Waals surface area contributed by atoms with Gasteiger partial charge in [-0.1, -0.05) is 38.1 Å². The molecule has 0 unspecified atom stereocenters. The van der Waals surface area contributed by atoms with E-state index in [9.17, 15) is 24.6 Å². The smallest absolute Gasteiger partial charge is 0.319 e. The predicted molar refractivity (Wildman–Crippen MR) is 324 cm³/mol. The number of fused-ring (bicyclic) bond motifs is 8. The van der Waals surface area contributed by atoms with Crippen LogP contribution in [0.3, 0.4) is 0 Å². The third-order valence-electron chi connectivity index (χ3n) is 18.6. The molecule has 4 saturated heterocycles. The number of β-amino-alcohol motifs (C(OH)–C–C–N with tert-alkyl or cyclic N) is 1. The number of ether oxygens (including phenoxy) is 3. The Labute approximate surface area is 502 Å². The summed E-state index contributed by atoms with van der Waals surface area (Å²) in [4.78, 5) is 65.3. The summed E-state index contributed by atoms with van der Waals surface area (Å²) in [6.07, 6.45) is 9.49. The van der Waals surface area contributed by atoms with E-state index in [0.717, 1.165) is 71.3 Å². The number of aromatic nitrogens is 10. The molecule has 0 spiro atoms. The van der Waals surface area contributed by atoms with Gasteiger partial charge in [-0.2, -0.15) is 25.3 Å². The Kier molecular flexibility index (Phi) is 14.0. The number of benzene rings is 4. The lowest BCUT2D eigenvalue weighted by Crippen LogP contribution is -2.50. The molecule has 454 valence electrons. The first-order valence-electron chi connectivity index (χ1n) is 30.5. The number of nitrogens with one attached hydrogen (secondary N) is 4. The summed E-state index contributed by atoms with van der Waals surface area (Å²) in [7, 11) is 0. The van der Waals surface area contributed by atoms with E-state index < -0.39 is 54.1 Å². The molecule has 1 saturated carbocycles. The van der Waals surface area contributed by atoms with Crippen molar-refractivity contribution >= 4 is 72.3 Å². The minimum absolute atomic E-state index is 0.0183. The Bertz CT molecular complexity index is 4470. The van der Waals surface area contributed by atoms with Crippen LogP contribution in [0.5, 0.6) is 11.8 Å². The van der Waals surface area contributed by atoms with E-state index in [1.807, 2.05) is 55.8 Å². The lowest BCUT2D eigenvalue weighted by molar-refractivity contribution is -0.142. The van der Waals surface area contributed by atoms with Crippen molar-refractivity contribution in [2.75, 3.05) is 44.4 Å². The first kappa shape index (κ1) is 55.7. The fourth-order valence-corrected chi connectivity index (χ4v) is 14.0. The molecule has 5 fully saturated rings. The maximum Gasteiger partial charge on any atom is 0.319 e. The highest BCUT2D eigenvalue weighted by Crippen LogP contribution is 2.54. The van der Waals surface area contributed by atoms with Gasteiger partial charge in [-0.15, -0.1) is 0 Å². The average Bonchev–Trinajstić information content (AvgIpc) is 1.43. The van der Waals surface area contributed by atoms with E-state index in [1.54, 1.807) is 31.6 Å². The normalized spacial score (nSPS) is 20.5. The van der Waals surface area contributed by atoms with Crippen LogP contribution in [0.15, 0.2) is 82.7 Å². The number of aliphatic hydroxyl groups is 2. The lowest BCUT2D eigenvalue weighted by atomic mass is 9.88. The van der Waals surface area contributed by atoms with Crippen LogP contribution in [0.1, 0.15) is 99.6 Å². The summed E-state index contributed by atoms with van der Waals surface area (Å²) in [6, 6.07) is 12.6. The monoisotopic (exact) mass is 1190 g/mol. The van der Waals surface area contributed by atoms with Crippen LogP contribution in [-0.2, 0) is 27.5 Å². The predicted octanol–water partition coefficient (Wildman–Crippen LogP) is 7.41. The molecule has 10 heterocycles. The second-order valence-electron chi connectivity index (χ2n) is 24.5. The minimum atomic E-state index is -1.11. The van der Waals surface area contributed by atoms with E-state index in [1.165, 1.54) is 22.0 Å². The maximum atomic E-state index is 16.3. The van der Waals surface area contributed by atoms with Crippen molar-refractivity contribution in [3.8, 4) is 34.1 Å². The van der Waals surface area contributed by atoms with Gasteiger partial charge in [-0.3, -0.25) is 28.8 Å². The van der Waals surface area contributed by atoms with Gasteiger partial charge in [0.2, 0.25) is 11.8 Å². The Morgan fingerprint density at radius 1 is 0.943 bits per heavy atom. The maximum absolute atomic E-state index is 16.3. The largest absolute Gasteiger partial charge is 0.486 e. The number of hydrogen-bond donors (Lipinski definition) is 6. The average molecular weight is 1200 g/mol. The highest BCUT2D eigenvalue weighted by molar-refractivity contribution is 6.07. The number of amides is 2. The van der Waals surface area contributed by atoms with E-state index in [0.29, 0.717) is 105 Å². The summed E-state index contributed by atoms with van der Waals surface area (Å²) in [5, 5.41) is 47.7. The fraction of sp³-hybridized carbons (Fsp3) is 0.422. The zero-order chi connectivity index (χ0) is 60.2. The van der Waals surface area contributed by atoms with Crippen molar-refractivity contribution in [3.63, 3.8) is 0 Å². The number of anilines is 1. The SMILES string of the molecule is CCn1nccc1-c1ccc([C@H](CO)NC(=O)[C@@H]2C[C@@H](O)CN2C(=O)[C@H](C(C)C)n2cc3c(n2)c(=O)[nH]c2cc(COc4c(-c5c(C)c(F)cc6[nH]ncc56)c(C5CC5)cc5c(N6C[C@@H]7C[C@H]6CN7)nc(OC6CCOCC6)nc45)ccc23)c2ocnc12. The molecule has 4 aromatic carbocycles. The first-order chi connectivity index (χ1) is 42.8. The molecule has 88 heavy (non-hydrogen) atoms. The first-order valence-corrected chi connectivity index (χ1v) is 30.5. The van der Waals surface area contributed by atoms with Crippen LogP contribution < -0.4 is 30.6 Å². The van der Waals surface area contributed by atoms with Crippen molar-refractivity contribution in [3.05, 3.63) is 112 Å². The molecular formula is C64H67FN14O9. The van der Waals surface area contributed by atoms with Gasteiger partial charge in [0.1, 0.15) is 47.5 Å². The number of hydrogen-bond acceptors (Lipinski definition) is 17. The van der Waals surface area contributed by atoms with Gasteiger partial charge in [-0.25, -0.2) is 9.37 Å². The molecule has 1 aliphatic carbocycles. The molecule has 15 rings (SSSR count). The van der Waals surface area contributed by atoms with Gasteiger partial charge in [0.05, 0.1) is 49.4 Å². The minimum Gasteiger partial charge on any atom is -0.486 e. The number of pyridine rings is 1. The van der Waals surface area contributed by atoms with E-state index in [2.05, 4.69) is 46.9 Å². The molecule has 2 amide bonds. The third-order valence-corrected chi connectivity index (χ3v) is 18.6. The summed E-state index contributed by atoms with van der Waals surface area (Å²) in [6.45, 7) is 10.2. The third kappa shape index (κ3) is 9.58. The molecule has 6 N–H and O–H groups in total. The van der Waals surface area contributed by atoms with Gasteiger partial charge in [0.15, 0.2) is 23.2 Å². The number of rotatable bonds is 17. The topological polar surface area (TPSA) is 282 Å². The number of aromatic amines is 2. The number of carbonyl (C=O) groups is 2. The van der Waals surface area contributed by atoms with Crippen LogP contribution >= 0.6 is 0 Å². The summed E-state index contributed by atoms with van der Waals surface area (Å²) >= 11 is 0. The molecule has 5 aliphatic rings. The number of carbonyl (C=O) groups excluding carboxylic acids is 2. The number of halogens is 1. The number of aryl methyl sites for hydroxylation is 1. The highest BCUT2D eigenvalue weighted by atomic mass is 19.1. The molecule has 10 aromatic rings. The Morgan fingerprint density at radius 3 is 2.57 bits per heavy atom. The molecule has 24 heteroatoms. The van der Waals surface area contributed by atoms with Crippen LogP contribution in [0.2, 0.25) is 0 Å². The number of aliphatic hydroxyl groups excluding tert-OH is 2. The molecule has 6 atom stereocenters. The Morgan fingerprint density at radius 2 is 1.80 bits per heavy atom. The van der Waals surface area contributed by atoms with Crippen molar-refractivity contribution < 1.29 is 42.8 Å². The van der Waals surface area contributed by atoms with Crippen molar-refractivity contribution in [2.45, 2.75) is 128 Å². The summed E-state index contributed by atoms with van der Waals surface area (Å²) in [5.41, 5.74) is 7.79. The van der Waals surface area contributed by atoms with Crippen molar-refractivity contribution in [1.29, 1.82) is 0 Å². The van der Waals surface area contributed by atoms with Crippen LogP contribution in [0.4, 0.5) is 10.2 Å². The van der Waals surface area contributed by atoms with Gasteiger partial charge in [0, 0.05) is 119 Å². The van der Waals surface area contributed by atoms with Crippen LogP contribution in [0, 0.1) is 18.7 Å². The van der Waals surface area contributed by atoms with E-state index in [-0.39, 0.29) is 55.0 Å². The lowest BCUT2D eigenvalue weighted by Gasteiger charge is -2.31. The molecule has 6 aromatic heterocycles. The Balaban J connectivity index is 0.758. The number of oxazole rings is 1. The number of likely N-dealkylation sites (tertiary alicyclic amines) is 1. The number of nitrogens with zero attached hydrogens (tertiary/aromatic N) is 10. The molecule has 23 nitrogen and oxygen atoms in total. The zero-order valence-electron chi connectivity index (χ0n) is 49.1. The van der Waals surface area contributed by atoms with Gasteiger partial charge >= 0.3 is 6.01 Å². The second kappa shape index (κ2) is 22.1. The van der Waals surface area contributed by atoms with Gasteiger partial charge in [0.25, 0.3) is 5.56 Å². The van der Waals surface area contributed by atoms with Crippen LogP contribution in [0.25, 0.3) is 77.1 Å².